The number of rotatable bonds is 3. The second-order valence-corrected chi connectivity index (χ2v) is 6.98. The van der Waals surface area contributed by atoms with E-state index in [0.29, 0.717) is 12.5 Å². The minimum Gasteiger partial charge on any atom is -0.329 e. The van der Waals surface area contributed by atoms with Gasteiger partial charge < -0.3 is 10.2 Å². The van der Waals surface area contributed by atoms with Crippen molar-refractivity contribution in [1.29, 1.82) is 0 Å². The maximum atomic E-state index is 13.3. The van der Waals surface area contributed by atoms with Crippen LogP contribution in [-0.4, -0.2) is 29.9 Å². The zero-order valence-corrected chi connectivity index (χ0v) is 15.6. The molecule has 2 aromatic carbocycles. The van der Waals surface area contributed by atoms with Gasteiger partial charge in [0.1, 0.15) is 0 Å². The average Bonchev–Trinajstić information content (AvgIpc) is 3.08. The monoisotopic (exact) mass is 356 g/mol. The fraction of sp³-hybridized carbons (Fsp3) is 0.381. The summed E-state index contributed by atoms with van der Waals surface area (Å²) in [7, 11) is 0. The van der Waals surface area contributed by atoms with Crippen LogP contribution in [0.5, 0.6) is 0 Å². The van der Waals surface area contributed by atoms with Crippen molar-refractivity contribution in [2.24, 2.45) is 0 Å². The van der Waals surface area contributed by atoms with Gasteiger partial charge in [0.15, 0.2) is 0 Å². The summed E-state index contributed by atoms with van der Waals surface area (Å²) in [6.45, 7) is 6.80. The number of hydrogen-bond donors (Lipinski definition) is 1. The molecule has 2 heterocycles. The first-order valence-electron chi connectivity index (χ1n) is 8.88. The third-order valence-electron chi connectivity index (χ3n) is 5.49. The van der Waals surface area contributed by atoms with E-state index in [1.165, 1.54) is 16.7 Å². The van der Waals surface area contributed by atoms with Gasteiger partial charge in [-0.2, -0.15) is 0 Å². The van der Waals surface area contributed by atoms with Crippen LogP contribution in [0.15, 0.2) is 42.5 Å². The van der Waals surface area contributed by atoms with E-state index < -0.39 is 0 Å². The van der Waals surface area contributed by atoms with Crippen LogP contribution in [0, 0.1) is 6.92 Å². The van der Waals surface area contributed by atoms with Crippen molar-refractivity contribution >= 4 is 18.3 Å². The Bertz CT molecular complexity index is 775. The molecule has 2 aromatic rings. The second kappa shape index (κ2) is 7.19. The number of benzene rings is 2. The van der Waals surface area contributed by atoms with E-state index in [4.69, 9.17) is 0 Å². The molecule has 0 spiro atoms. The molecule has 0 radical (unpaired) electrons. The largest absolute Gasteiger partial charge is 0.329 e. The Kier molecular flexibility index (Phi) is 5.16. The number of hydrogen-bond acceptors (Lipinski definition) is 2. The number of aryl methyl sites for hydroxylation is 2. The summed E-state index contributed by atoms with van der Waals surface area (Å²) in [5.74, 6) is 0.602. The number of halogens is 1. The summed E-state index contributed by atoms with van der Waals surface area (Å²) < 4.78 is 0. The minimum absolute atomic E-state index is 0. The standard InChI is InChI=1S/C21H24N2O.ClH/c1-3-15-9-14(2)20-17(10-15)18-11-22-12-19(18)23(21(20)24)13-16-7-5-4-6-8-16;/h4-10,18-19,22H,3,11-13H2,1-2H3;1H/t18-,19-;/m0./s1. The van der Waals surface area contributed by atoms with E-state index in [9.17, 15) is 4.79 Å². The van der Waals surface area contributed by atoms with Crippen LogP contribution in [0.2, 0.25) is 0 Å². The predicted octanol–water partition coefficient (Wildman–Crippen LogP) is 3.69. The molecular weight excluding hydrogens is 332 g/mol. The lowest BCUT2D eigenvalue weighted by Gasteiger charge is -2.39. The van der Waals surface area contributed by atoms with E-state index in [-0.39, 0.29) is 24.4 Å². The summed E-state index contributed by atoms with van der Waals surface area (Å²) in [6.07, 6.45) is 1.01. The van der Waals surface area contributed by atoms with Gasteiger partial charge in [0.25, 0.3) is 5.91 Å². The number of nitrogens with zero attached hydrogens (tertiary/aromatic N) is 1. The van der Waals surface area contributed by atoms with Gasteiger partial charge in [-0.1, -0.05) is 49.4 Å². The Hall–Kier alpha value is -1.84. The molecule has 0 bridgehead atoms. The predicted molar refractivity (Wildman–Crippen MR) is 104 cm³/mol. The molecule has 1 amide bonds. The van der Waals surface area contributed by atoms with Crippen molar-refractivity contribution in [2.45, 2.75) is 38.8 Å². The maximum absolute atomic E-state index is 13.3. The molecule has 0 aliphatic carbocycles. The molecule has 2 atom stereocenters. The third-order valence-corrected chi connectivity index (χ3v) is 5.49. The lowest BCUT2D eigenvalue weighted by atomic mass is 9.81. The Balaban J connectivity index is 0.00000182. The normalized spacial score (nSPS) is 21.5. The quantitative estimate of drug-likeness (QED) is 0.909. The van der Waals surface area contributed by atoms with Crippen LogP contribution >= 0.6 is 12.4 Å². The average molecular weight is 357 g/mol. The summed E-state index contributed by atoms with van der Waals surface area (Å²) in [4.78, 5) is 15.4. The second-order valence-electron chi connectivity index (χ2n) is 6.98. The number of carbonyl (C=O) groups is 1. The molecule has 0 aromatic heterocycles. The molecule has 4 rings (SSSR count). The van der Waals surface area contributed by atoms with E-state index >= 15 is 0 Å². The highest BCUT2D eigenvalue weighted by Gasteiger charge is 2.42. The first kappa shape index (κ1) is 18.0. The maximum Gasteiger partial charge on any atom is 0.255 e. The third kappa shape index (κ3) is 3.07. The molecular formula is C21H25ClN2O. The molecule has 3 nitrogen and oxygen atoms in total. The lowest BCUT2D eigenvalue weighted by molar-refractivity contribution is 0.0629. The van der Waals surface area contributed by atoms with Gasteiger partial charge in [-0.25, -0.2) is 0 Å². The molecule has 1 saturated heterocycles. The molecule has 1 N–H and O–H groups in total. The first-order chi connectivity index (χ1) is 11.7. The molecule has 2 aliphatic heterocycles. The number of amides is 1. The molecule has 4 heteroatoms. The highest BCUT2D eigenvalue weighted by molar-refractivity contribution is 5.99. The van der Waals surface area contributed by atoms with Crippen LogP contribution in [0.1, 0.15) is 45.5 Å². The molecule has 132 valence electrons. The highest BCUT2D eigenvalue weighted by Crippen LogP contribution is 2.38. The zero-order valence-electron chi connectivity index (χ0n) is 14.8. The highest BCUT2D eigenvalue weighted by atomic mass is 35.5. The van der Waals surface area contributed by atoms with Crippen molar-refractivity contribution in [3.63, 3.8) is 0 Å². The number of fused-ring (bicyclic) bond motifs is 3. The van der Waals surface area contributed by atoms with Gasteiger partial charge in [0.05, 0.1) is 6.04 Å². The summed E-state index contributed by atoms with van der Waals surface area (Å²) >= 11 is 0. The van der Waals surface area contributed by atoms with E-state index in [0.717, 1.165) is 30.6 Å². The Morgan fingerprint density at radius 1 is 1.12 bits per heavy atom. The van der Waals surface area contributed by atoms with E-state index in [2.05, 4.69) is 48.3 Å². The fourth-order valence-corrected chi connectivity index (χ4v) is 4.25. The summed E-state index contributed by atoms with van der Waals surface area (Å²) in [5.41, 5.74) is 5.85. The first-order valence-corrected chi connectivity index (χ1v) is 8.88. The van der Waals surface area contributed by atoms with Gasteiger partial charge in [0.2, 0.25) is 0 Å². The van der Waals surface area contributed by atoms with Crippen molar-refractivity contribution in [3.05, 3.63) is 70.3 Å². The fourth-order valence-electron chi connectivity index (χ4n) is 4.25. The van der Waals surface area contributed by atoms with E-state index in [1.54, 1.807) is 0 Å². The Morgan fingerprint density at radius 2 is 1.88 bits per heavy atom. The van der Waals surface area contributed by atoms with Gasteiger partial charge in [0, 0.05) is 31.1 Å². The topological polar surface area (TPSA) is 32.3 Å². The van der Waals surface area contributed by atoms with Crippen LogP contribution < -0.4 is 5.32 Å². The SMILES string of the molecule is CCc1cc(C)c2c(c1)[C@@H]1CNC[C@@H]1N(Cc1ccccc1)C2=O.Cl. The minimum atomic E-state index is 0. The molecule has 0 unspecified atom stereocenters. The summed E-state index contributed by atoms with van der Waals surface area (Å²) in [6, 6.07) is 15.0. The van der Waals surface area contributed by atoms with Crippen LogP contribution in [0.4, 0.5) is 0 Å². The van der Waals surface area contributed by atoms with Gasteiger partial charge in [-0.15, -0.1) is 12.4 Å². The van der Waals surface area contributed by atoms with Crippen molar-refractivity contribution < 1.29 is 4.79 Å². The van der Waals surface area contributed by atoms with Crippen LogP contribution in [0.25, 0.3) is 0 Å². The zero-order chi connectivity index (χ0) is 16.7. The number of nitrogens with one attached hydrogen (secondary N) is 1. The van der Waals surface area contributed by atoms with Crippen molar-refractivity contribution in [2.75, 3.05) is 13.1 Å². The van der Waals surface area contributed by atoms with Crippen LogP contribution in [-0.2, 0) is 13.0 Å². The molecule has 25 heavy (non-hydrogen) atoms. The smallest absolute Gasteiger partial charge is 0.255 e. The van der Waals surface area contributed by atoms with Crippen molar-refractivity contribution in [1.82, 2.24) is 10.2 Å². The van der Waals surface area contributed by atoms with Gasteiger partial charge in [-0.05, 0) is 35.6 Å². The van der Waals surface area contributed by atoms with Gasteiger partial charge in [-0.3, -0.25) is 4.79 Å². The summed E-state index contributed by atoms with van der Waals surface area (Å²) in [5, 5.41) is 3.50. The Morgan fingerprint density at radius 3 is 2.60 bits per heavy atom. The number of carbonyl (C=O) groups excluding carboxylic acids is 1. The lowest BCUT2D eigenvalue weighted by Crippen LogP contribution is -2.48. The van der Waals surface area contributed by atoms with Gasteiger partial charge >= 0.3 is 0 Å². The Labute approximate surface area is 155 Å². The molecule has 2 aliphatic rings. The van der Waals surface area contributed by atoms with Crippen LogP contribution in [0.3, 0.4) is 0 Å². The molecule has 0 saturated carbocycles. The van der Waals surface area contributed by atoms with Crippen molar-refractivity contribution in [3.8, 4) is 0 Å². The van der Waals surface area contributed by atoms with E-state index in [1.807, 2.05) is 18.2 Å². The molecule has 1 fully saturated rings.